The van der Waals surface area contributed by atoms with Gasteiger partial charge in [-0.25, -0.2) is 4.79 Å². The van der Waals surface area contributed by atoms with E-state index in [2.05, 4.69) is 34.2 Å². The molecule has 0 atom stereocenters. The molecule has 3 heterocycles. The molecule has 30 heavy (non-hydrogen) atoms. The van der Waals surface area contributed by atoms with Crippen LogP contribution in [0.4, 0.5) is 0 Å². The maximum Gasteiger partial charge on any atom is 0.328 e. The largest absolute Gasteiger partial charge is 0.328 e. The lowest BCUT2D eigenvalue weighted by molar-refractivity contribution is 0.248. The van der Waals surface area contributed by atoms with Gasteiger partial charge in [-0.1, -0.05) is 30.4 Å². The number of hydrogen-bond donors (Lipinski definition) is 1. The molecular formula is C24H25N3O2S. The van der Waals surface area contributed by atoms with Crippen LogP contribution in [0.2, 0.25) is 0 Å². The Morgan fingerprint density at radius 2 is 1.90 bits per heavy atom. The molecule has 0 spiro atoms. The van der Waals surface area contributed by atoms with E-state index in [4.69, 9.17) is 0 Å². The third kappa shape index (κ3) is 3.61. The standard InChI is InChI=1S/C24H25N3O2S/c28-23-18-9-4-5-10-20(18)25-24(29)27(23)14-7-6-13-26-15-12-22-19(16-26)17-8-2-1-3-11-21(17)30-22/h1-5,9-11H,6-8,12-16H2,(H,25,29). The first kappa shape index (κ1) is 19.3. The van der Waals surface area contributed by atoms with Crippen LogP contribution in [0.25, 0.3) is 17.0 Å². The molecule has 0 saturated carbocycles. The van der Waals surface area contributed by atoms with Gasteiger partial charge < -0.3 is 4.98 Å². The zero-order valence-electron chi connectivity index (χ0n) is 16.9. The van der Waals surface area contributed by atoms with Crippen LogP contribution >= 0.6 is 11.3 Å². The van der Waals surface area contributed by atoms with E-state index in [1.54, 1.807) is 17.0 Å². The molecule has 0 amide bonds. The summed E-state index contributed by atoms with van der Waals surface area (Å²) in [7, 11) is 0. The normalized spacial score (nSPS) is 15.9. The van der Waals surface area contributed by atoms with E-state index in [0.29, 0.717) is 17.4 Å². The molecule has 0 fully saturated rings. The number of rotatable bonds is 5. The molecule has 0 saturated heterocycles. The monoisotopic (exact) mass is 419 g/mol. The fourth-order valence-corrected chi connectivity index (χ4v) is 5.73. The van der Waals surface area contributed by atoms with Crippen molar-refractivity contribution in [3.8, 4) is 0 Å². The zero-order valence-corrected chi connectivity index (χ0v) is 17.7. The van der Waals surface area contributed by atoms with Gasteiger partial charge in [-0.3, -0.25) is 14.3 Å². The third-order valence-electron chi connectivity index (χ3n) is 6.08. The molecule has 0 unspecified atom stereocenters. The molecule has 3 aromatic rings. The Morgan fingerprint density at radius 1 is 1.03 bits per heavy atom. The van der Waals surface area contributed by atoms with Crippen LogP contribution in [-0.2, 0) is 25.9 Å². The minimum Gasteiger partial charge on any atom is -0.307 e. The molecule has 5 nitrogen and oxygen atoms in total. The highest BCUT2D eigenvalue weighted by Crippen LogP contribution is 2.35. The lowest BCUT2D eigenvalue weighted by Gasteiger charge is -2.27. The maximum atomic E-state index is 12.6. The number of aromatic nitrogens is 2. The summed E-state index contributed by atoms with van der Waals surface area (Å²) >= 11 is 1.95. The van der Waals surface area contributed by atoms with Crippen molar-refractivity contribution in [1.29, 1.82) is 0 Å². The predicted molar refractivity (Wildman–Crippen MR) is 123 cm³/mol. The number of H-pyrrole nitrogens is 1. The summed E-state index contributed by atoms with van der Waals surface area (Å²) in [4.78, 5) is 33.2. The number of benzene rings is 1. The van der Waals surface area contributed by atoms with Crippen LogP contribution in [-0.4, -0.2) is 27.5 Å². The van der Waals surface area contributed by atoms with Gasteiger partial charge in [0.15, 0.2) is 0 Å². The molecule has 6 heteroatoms. The summed E-state index contributed by atoms with van der Waals surface area (Å²) in [6, 6.07) is 7.19. The second-order valence-corrected chi connectivity index (χ2v) is 9.14. The SMILES string of the molecule is O=c1[nH]c2ccccc2c(=O)n1CCCCN1CCc2sc3c(c2C1)CC=CC=C3. The van der Waals surface area contributed by atoms with E-state index in [9.17, 15) is 9.59 Å². The van der Waals surface area contributed by atoms with Crippen LogP contribution in [0.1, 0.15) is 33.7 Å². The number of allylic oxidation sites excluding steroid dienone is 3. The van der Waals surface area contributed by atoms with E-state index in [1.807, 2.05) is 23.5 Å². The summed E-state index contributed by atoms with van der Waals surface area (Å²) in [5.41, 5.74) is 3.12. The number of nitrogens with one attached hydrogen (secondary N) is 1. The lowest BCUT2D eigenvalue weighted by Crippen LogP contribution is -2.35. The first-order valence-electron chi connectivity index (χ1n) is 10.6. The molecule has 0 radical (unpaired) electrons. The van der Waals surface area contributed by atoms with Crippen LogP contribution in [0, 0.1) is 0 Å². The highest BCUT2D eigenvalue weighted by molar-refractivity contribution is 7.13. The fourth-order valence-electron chi connectivity index (χ4n) is 4.48. The zero-order chi connectivity index (χ0) is 20.5. The van der Waals surface area contributed by atoms with Gasteiger partial charge in [0, 0.05) is 29.4 Å². The summed E-state index contributed by atoms with van der Waals surface area (Å²) in [6.07, 6.45) is 12.7. The van der Waals surface area contributed by atoms with Gasteiger partial charge in [0.25, 0.3) is 5.56 Å². The summed E-state index contributed by atoms with van der Waals surface area (Å²) in [5.74, 6) is 0. The van der Waals surface area contributed by atoms with Crippen molar-refractivity contribution in [2.75, 3.05) is 13.1 Å². The lowest BCUT2D eigenvalue weighted by atomic mass is 10.0. The van der Waals surface area contributed by atoms with E-state index in [1.165, 1.54) is 20.6 Å². The molecule has 1 aliphatic carbocycles. The highest BCUT2D eigenvalue weighted by Gasteiger charge is 2.23. The number of aromatic amines is 1. The number of unbranched alkanes of at least 4 members (excludes halogenated alkanes) is 1. The Balaban J connectivity index is 1.22. The van der Waals surface area contributed by atoms with E-state index in [-0.39, 0.29) is 11.2 Å². The quantitative estimate of drug-likeness (QED) is 0.642. The van der Waals surface area contributed by atoms with Crippen LogP contribution in [0.5, 0.6) is 0 Å². The van der Waals surface area contributed by atoms with Crippen molar-refractivity contribution in [3.63, 3.8) is 0 Å². The predicted octanol–water partition coefficient (Wildman–Crippen LogP) is 3.72. The third-order valence-corrected chi connectivity index (χ3v) is 7.38. The van der Waals surface area contributed by atoms with Gasteiger partial charge in [0.05, 0.1) is 10.9 Å². The molecule has 0 bridgehead atoms. The smallest absolute Gasteiger partial charge is 0.307 e. The molecule has 2 aliphatic rings. The fraction of sp³-hybridized carbons (Fsp3) is 0.333. The molecule has 5 rings (SSSR count). The highest BCUT2D eigenvalue weighted by atomic mass is 32.1. The minimum atomic E-state index is -0.316. The second-order valence-electron chi connectivity index (χ2n) is 8.00. The van der Waals surface area contributed by atoms with Crippen molar-refractivity contribution < 1.29 is 0 Å². The average molecular weight is 420 g/mol. The van der Waals surface area contributed by atoms with Crippen molar-refractivity contribution in [2.24, 2.45) is 0 Å². The molecule has 154 valence electrons. The van der Waals surface area contributed by atoms with E-state index >= 15 is 0 Å². The second kappa shape index (κ2) is 8.20. The van der Waals surface area contributed by atoms with Crippen molar-refractivity contribution in [2.45, 2.75) is 38.8 Å². The number of para-hydroxylation sites is 1. The Kier molecular flexibility index (Phi) is 5.27. The average Bonchev–Trinajstić information content (AvgIpc) is 2.93. The number of nitrogens with zero attached hydrogens (tertiary/aromatic N) is 2. The number of fused-ring (bicyclic) bond motifs is 4. The van der Waals surface area contributed by atoms with Crippen LogP contribution in [0.3, 0.4) is 0 Å². The molecular weight excluding hydrogens is 394 g/mol. The first-order valence-corrected chi connectivity index (χ1v) is 11.4. The summed E-state index contributed by atoms with van der Waals surface area (Å²) in [6.45, 7) is 3.55. The van der Waals surface area contributed by atoms with E-state index < -0.39 is 0 Å². The van der Waals surface area contributed by atoms with Gasteiger partial charge in [-0.2, -0.15) is 0 Å². The van der Waals surface area contributed by atoms with E-state index in [0.717, 1.165) is 45.3 Å². The van der Waals surface area contributed by atoms with Crippen molar-refractivity contribution >= 4 is 28.3 Å². The van der Waals surface area contributed by atoms with Crippen molar-refractivity contribution in [3.05, 3.63) is 84.2 Å². The molecule has 2 aromatic heterocycles. The van der Waals surface area contributed by atoms with Gasteiger partial charge >= 0.3 is 5.69 Å². The summed E-state index contributed by atoms with van der Waals surface area (Å²) < 4.78 is 1.34. The molecule has 1 aliphatic heterocycles. The minimum absolute atomic E-state index is 0.195. The van der Waals surface area contributed by atoms with Crippen LogP contribution < -0.4 is 11.2 Å². The van der Waals surface area contributed by atoms with Crippen molar-refractivity contribution in [1.82, 2.24) is 14.5 Å². The van der Waals surface area contributed by atoms with Gasteiger partial charge in [-0.05, 0) is 61.6 Å². The first-order chi connectivity index (χ1) is 14.7. The van der Waals surface area contributed by atoms with Crippen LogP contribution in [0.15, 0.2) is 52.1 Å². The Bertz CT molecular complexity index is 1260. The number of thiophene rings is 1. The Labute approximate surface area is 179 Å². The maximum absolute atomic E-state index is 12.6. The summed E-state index contributed by atoms with van der Waals surface area (Å²) in [5, 5.41) is 0.571. The van der Waals surface area contributed by atoms with Gasteiger partial charge in [0.1, 0.15) is 0 Å². The van der Waals surface area contributed by atoms with Gasteiger partial charge in [0.2, 0.25) is 0 Å². The Hall–Kier alpha value is -2.70. The molecule has 1 N–H and O–H groups in total. The number of hydrogen-bond acceptors (Lipinski definition) is 4. The molecule has 1 aromatic carbocycles. The topological polar surface area (TPSA) is 58.1 Å². The van der Waals surface area contributed by atoms with Gasteiger partial charge in [-0.15, -0.1) is 11.3 Å². The Morgan fingerprint density at radius 3 is 2.83 bits per heavy atom.